The fraction of sp³-hybridized carbons (Fsp3) is 0.222. The van der Waals surface area contributed by atoms with E-state index in [0.29, 0.717) is 0 Å². The van der Waals surface area contributed by atoms with Gasteiger partial charge in [0, 0.05) is 17.8 Å². The molecule has 0 bridgehead atoms. The number of rotatable bonds is 8. The summed E-state index contributed by atoms with van der Waals surface area (Å²) in [6.45, 7) is 1.19. The molecule has 0 spiro atoms. The summed E-state index contributed by atoms with van der Waals surface area (Å²) in [5.74, 6) is -1.98. The maximum Gasteiger partial charge on any atom is 0.307 e. The molecule has 9 nitrogen and oxygen atoms in total. The summed E-state index contributed by atoms with van der Waals surface area (Å²) in [6, 6.07) is 11.5. The van der Waals surface area contributed by atoms with Crippen LogP contribution in [-0.4, -0.2) is 37.6 Å². The minimum Gasteiger partial charge on any atom is -0.456 e. The maximum absolute atomic E-state index is 12.2. The molecule has 0 aromatic heterocycles. The molecule has 0 atom stereocenters. The van der Waals surface area contributed by atoms with E-state index in [0.717, 1.165) is 11.6 Å². The largest absolute Gasteiger partial charge is 0.456 e. The van der Waals surface area contributed by atoms with Crippen LogP contribution in [0.4, 0.5) is 11.4 Å². The number of carbonyl (C=O) groups is 2. The van der Waals surface area contributed by atoms with E-state index in [1.54, 1.807) is 12.1 Å². The standard InChI is InChI=1S/C18H18N2O7S/c1-13-5-7-16(8-6-13)28(25,26)10-9-18(22)27-12-17(21)19-14-3-2-4-15(11-14)20(23)24/h2-8,11H,9-10,12H2,1H3,(H,19,21). The van der Waals surface area contributed by atoms with Crippen LogP contribution in [0, 0.1) is 17.0 Å². The SMILES string of the molecule is Cc1ccc(S(=O)(=O)CCC(=O)OCC(=O)Nc2cccc([N+](=O)[O-])c2)cc1. The van der Waals surface area contributed by atoms with Gasteiger partial charge in [-0.05, 0) is 25.1 Å². The van der Waals surface area contributed by atoms with Gasteiger partial charge in [-0.3, -0.25) is 19.7 Å². The summed E-state index contributed by atoms with van der Waals surface area (Å²) in [4.78, 5) is 33.7. The number of non-ortho nitro benzene ring substituents is 1. The first-order chi connectivity index (χ1) is 13.2. The van der Waals surface area contributed by atoms with Gasteiger partial charge in [-0.15, -0.1) is 0 Å². The van der Waals surface area contributed by atoms with Gasteiger partial charge >= 0.3 is 5.97 Å². The third-order valence-corrected chi connectivity index (χ3v) is 5.39. The highest BCUT2D eigenvalue weighted by molar-refractivity contribution is 7.91. The number of esters is 1. The smallest absolute Gasteiger partial charge is 0.307 e. The Labute approximate surface area is 161 Å². The number of benzene rings is 2. The summed E-state index contributed by atoms with van der Waals surface area (Å²) in [5, 5.41) is 13.1. The number of hydrogen-bond acceptors (Lipinski definition) is 7. The average Bonchev–Trinajstić information content (AvgIpc) is 2.65. The Morgan fingerprint density at radius 1 is 1.14 bits per heavy atom. The molecule has 0 heterocycles. The first kappa shape index (κ1) is 21.0. The van der Waals surface area contributed by atoms with Gasteiger partial charge in [-0.1, -0.05) is 23.8 Å². The van der Waals surface area contributed by atoms with Crippen LogP contribution in [0.5, 0.6) is 0 Å². The predicted molar refractivity (Wildman–Crippen MR) is 101 cm³/mol. The number of nitrogens with zero attached hydrogens (tertiary/aromatic N) is 1. The number of nitro benzene ring substituents is 1. The number of hydrogen-bond donors (Lipinski definition) is 1. The van der Waals surface area contributed by atoms with Gasteiger partial charge in [0.05, 0.1) is 22.0 Å². The lowest BCUT2D eigenvalue weighted by Crippen LogP contribution is -2.22. The molecule has 1 N–H and O–H groups in total. The van der Waals surface area contributed by atoms with Crippen molar-refractivity contribution in [2.45, 2.75) is 18.2 Å². The van der Waals surface area contributed by atoms with Crippen LogP contribution in [0.1, 0.15) is 12.0 Å². The third-order valence-electron chi connectivity index (χ3n) is 3.66. The molecule has 2 rings (SSSR count). The van der Waals surface area contributed by atoms with Crippen molar-refractivity contribution in [3.8, 4) is 0 Å². The number of nitrogens with one attached hydrogen (secondary N) is 1. The molecule has 28 heavy (non-hydrogen) atoms. The Morgan fingerprint density at radius 2 is 1.82 bits per heavy atom. The topological polar surface area (TPSA) is 133 Å². The molecule has 10 heteroatoms. The van der Waals surface area contributed by atoms with E-state index >= 15 is 0 Å². The molecule has 2 aromatic rings. The fourth-order valence-electron chi connectivity index (χ4n) is 2.19. The van der Waals surface area contributed by atoms with Crippen molar-refractivity contribution >= 4 is 33.1 Å². The second kappa shape index (κ2) is 9.09. The van der Waals surface area contributed by atoms with Crippen molar-refractivity contribution in [1.29, 1.82) is 0 Å². The van der Waals surface area contributed by atoms with Crippen molar-refractivity contribution in [3.63, 3.8) is 0 Å². The number of aryl methyl sites for hydroxylation is 1. The number of ether oxygens (including phenoxy) is 1. The van der Waals surface area contributed by atoms with E-state index < -0.39 is 45.4 Å². The Balaban J connectivity index is 1.82. The molecule has 0 aliphatic rings. The molecular weight excluding hydrogens is 388 g/mol. The number of amides is 1. The molecule has 0 aliphatic carbocycles. The highest BCUT2D eigenvalue weighted by atomic mass is 32.2. The summed E-state index contributed by atoms with van der Waals surface area (Å²) >= 11 is 0. The number of nitro groups is 1. The molecule has 0 aliphatic heterocycles. The molecule has 0 fully saturated rings. The maximum atomic E-state index is 12.2. The van der Waals surface area contributed by atoms with Crippen molar-refractivity contribution in [1.82, 2.24) is 0 Å². The van der Waals surface area contributed by atoms with E-state index in [4.69, 9.17) is 4.74 Å². The van der Waals surface area contributed by atoms with Crippen molar-refractivity contribution in [2.75, 3.05) is 17.7 Å². The van der Waals surface area contributed by atoms with Crippen LogP contribution < -0.4 is 5.32 Å². The van der Waals surface area contributed by atoms with Crippen molar-refractivity contribution in [3.05, 3.63) is 64.2 Å². The Morgan fingerprint density at radius 3 is 2.46 bits per heavy atom. The van der Waals surface area contributed by atoms with Gasteiger partial charge in [0.2, 0.25) is 0 Å². The second-order valence-electron chi connectivity index (χ2n) is 5.90. The summed E-state index contributed by atoms with van der Waals surface area (Å²) < 4.78 is 29.1. The van der Waals surface area contributed by atoms with Gasteiger partial charge in [0.1, 0.15) is 0 Å². The van der Waals surface area contributed by atoms with Crippen LogP contribution in [0.25, 0.3) is 0 Å². The number of sulfone groups is 1. The molecule has 1 amide bonds. The van der Waals surface area contributed by atoms with E-state index in [2.05, 4.69) is 5.32 Å². The minimum atomic E-state index is -3.64. The average molecular weight is 406 g/mol. The molecule has 0 saturated carbocycles. The number of carbonyl (C=O) groups excluding carboxylic acids is 2. The monoisotopic (exact) mass is 406 g/mol. The van der Waals surface area contributed by atoms with Gasteiger partial charge in [0.15, 0.2) is 16.4 Å². The summed E-state index contributed by atoms with van der Waals surface area (Å²) in [5.41, 5.74) is 0.890. The normalized spacial score (nSPS) is 10.9. The van der Waals surface area contributed by atoms with E-state index in [-0.39, 0.29) is 16.3 Å². The summed E-state index contributed by atoms with van der Waals surface area (Å²) in [7, 11) is -3.64. The van der Waals surface area contributed by atoms with Crippen LogP contribution in [0.2, 0.25) is 0 Å². The summed E-state index contributed by atoms with van der Waals surface area (Å²) in [6.07, 6.45) is -0.402. The highest BCUT2D eigenvalue weighted by Gasteiger charge is 2.18. The van der Waals surface area contributed by atoms with E-state index in [9.17, 15) is 28.1 Å². The quantitative estimate of drug-likeness (QED) is 0.404. The van der Waals surface area contributed by atoms with Gasteiger partial charge in [0.25, 0.3) is 11.6 Å². The molecule has 2 aromatic carbocycles. The Kier molecular flexibility index (Phi) is 6.83. The lowest BCUT2D eigenvalue weighted by molar-refractivity contribution is -0.384. The highest BCUT2D eigenvalue weighted by Crippen LogP contribution is 2.17. The molecule has 148 valence electrons. The van der Waals surface area contributed by atoms with Crippen molar-refractivity contribution < 1.29 is 27.7 Å². The lowest BCUT2D eigenvalue weighted by atomic mass is 10.2. The minimum absolute atomic E-state index is 0.106. The van der Waals surface area contributed by atoms with Gasteiger partial charge < -0.3 is 10.1 Å². The van der Waals surface area contributed by atoms with Gasteiger partial charge in [-0.2, -0.15) is 0 Å². The van der Waals surface area contributed by atoms with Gasteiger partial charge in [-0.25, -0.2) is 8.42 Å². The van der Waals surface area contributed by atoms with Crippen LogP contribution in [0.15, 0.2) is 53.4 Å². The molecule has 0 radical (unpaired) electrons. The lowest BCUT2D eigenvalue weighted by Gasteiger charge is -2.07. The van der Waals surface area contributed by atoms with Crippen LogP contribution >= 0.6 is 0 Å². The molecule has 0 saturated heterocycles. The third kappa shape index (κ3) is 6.16. The molecular formula is C18H18N2O7S. The van der Waals surface area contributed by atoms with Crippen molar-refractivity contribution in [2.24, 2.45) is 0 Å². The Hall–Kier alpha value is -3.27. The van der Waals surface area contributed by atoms with Crippen LogP contribution in [0.3, 0.4) is 0 Å². The predicted octanol–water partition coefficient (Wildman–Crippen LogP) is 2.25. The zero-order valence-corrected chi connectivity index (χ0v) is 15.8. The van der Waals surface area contributed by atoms with Crippen LogP contribution in [-0.2, 0) is 24.2 Å². The fourth-order valence-corrected chi connectivity index (χ4v) is 3.42. The zero-order valence-electron chi connectivity index (χ0n) is 15.0. The first-order valence-corrected chi connectivity index (χ1v) is 9.82. The van der Waals surface area contributed by atoms with E-state index in [1.807, 2.05) is 6.92 Å². The zero-order chi connectivity index (χ0) is 20.7. The number of anilines is 1. The van der Waals surface area contributed by atoms with E-state index in [1.165, 1.54) is 30.3 Å². The first-order valence-electron chi connectivity index (χ1n) is 8.17. The second-order valence-corrected chi connectivity index (χ2v) is 8.01. The Bertz CT molecular complexity index is 985. The molecule has 0 unspecified atom stereocenters.